The lowest BCUT2D eigenvalue weighted by atomic mass is 10.7. The van der Waals surface area contributed by atoms with Gasteiger partial charge in [-0.15, -0.1) is 0 Å². The molecule has 0 heterocycles. The number of hydrogen-bond donors (Lipinski definition) is 1. The minimum atomic E-state index is 0.0231. The Balaban J connectivity index is 3.23. The number of hydrogen-bond acceptors (Lipinski definition) is 2. The van der Waals surface area contributed by atoms with Crippen LogP contribution in [0.5, 0.6) is 0 Å². The van der Waals surface area contributed by atoms with Gasteiger partial charge in [-0.3, -0.25) is 5.41 Å². The molecule has 3 nitrogen and oxygen atoms in total. The molecule has 0 aliphatic heterocycles. The Hall–Kier alpha value is -1.04. The van der Waals surface area contributed by atoms with Crippen molar-refractivity contribution in [2.24, 2.45) is 0 Å². The normalized spacial score (nSPS) is 6.86. The average Bonchev–Trinajstić information content (AvgIpc) is 1.68. The van der Waals surface area contributed by atoms with Crippen molar-refractivity contribution in [2.45, 2.75) is 0 Å². The maximum Gasteiger partial charge on any atom is 0.288 e. The Morgan fingerprint density at radius 1 is 2.00 bits per heavy atom. The molecule has 0 fully saturated rings. The van der Waals surface area contributed by atoms with Crippen LogP contribution in [0.3, 0.4) is 0 Å². The SMILES string of the molecule is [C-]#[N+]CC(=N)OC. The summed E-state index contributed by atoms with van der Waals surface area (Å²) in [4.78, 5) is 2.91. The average molecular weight is 98.1 g/mol. The Labute approximate surface area is 42.2 Å². The van der Waals surface area contributed by atoms with E-state index in [4.69, 9.17) is 12.0 Å². The minimum absolute atomic E-state index is 0.0231. The minimum Gasteiger partial charge on any atom is -0.479 e. The van der Waals surface area contributed by atoms with E-state index >= 15 is 0 Å². The van der Waals surface area contributed by atoms with E-state index in [1.165, 1.54) is 7.11 Å². The van der Waals surface area contributed by atoms with Crippen LogP contribution in [-0.4, -0.2) is 19.6 Å². The number of rotatable bonds is 1. The Bertz CT molecular complexity index is 103. The molecular formula is C4H6N2O. The summed E-state index contributed by atoms with van der Waals surface area (Å²) in [5.41, 5.74) is 0. The van der Waals surface area contributed by atoms with Crippen LogP contribution in [0.2, 0.25) is 0 Å². The van der Waals surface area contributed by atoms with E-state index in [2.05, 4.69) is 9.58 Å². The molecule has 1 N–H and O–H groups in total. The number of ether oxygens (including phenoxy) is 1. The van der Waals surface area contributed by atoms with Crippen LogP contribution < -0.4 is 0 Å². The van der Waals surface area contributed by atoms with E-state index in [1.807, 2.05) is 0 Å². The van der Waals surface area contributed by atoms with Gasteiger partial charge in [0.05, 0.1) is 7.11 Å². The monoisotopic (exact) mass is 98.0 g/mol. The molecule has 0 spiro atoms. The second-order valence-electron chi connectivity index (χ2n) is 0.944. The van der Waals surface area contributed by atoms with Gasteiger partial charge in [-0.2, -0.15) is 0 Å². The third-order valence-corrected chi connectivity index (χ3v) is 0.469. The van der Waals surface area contributed by atoms with Gasteiger partial charge < -0.3 is 9.58 Å². The fourth-order valence-electron chi connectivity index (χ4n) is 0.136. The second-order valence-corrected chi connectivity index (χ2v) is 0.944. The fourth-order valence-corrected chi connectivity index (χ4v) is 0.136. The van der Waals surface area contributed by atoms with Crippen molar-refractivity contribution >= 4 is 5.90 Å². The Kier molecular flexibility index (Phi) is 2.69. The molecule has 0 unspecified atom stereocenters. The predicted octanol–water partition coefficient (Wildman–Crippen LogP) is 0.529. The molecule has 0 rings (SSSR count). The molecule has 0 aliphatic carbocycles. The molecule has 0 amide bonds. The van der Waals surface area contributed by atoms with Gasteiger partial charge >= 0.3 is 0 Å². The summed E-state index contributed by atoms with van der Waals surface area (Å²) in [5, 5.41) is 6.70. The van der Waals surface area contributed by atoms with Crippen molar-refractivity contribution in [3.63, 3.8) is 0 Å². The van der Waals surface area contributed by atoms with Crippen molar-refractivity contribution in [2.75, 3.05) is 13.7 Å². The molecule has 38 valence electrons. The Morgan fingerprint density at radius 3 is 2.71 bits per heavy atom. The van der Waals surface area contributed by atoms with Gasteiger partial charge in [-0.25, -0.2) is 6.57 Å². The maximum atomic E-state index is 6.70. The summed E-state index contributed by atoms with van der Waals surface area (Å²) in [7, 11) is 1.38. The van der Waals surface area contributed by atoms with Gasteiger partial charge in [0.1, 0.15) is 0 Å². The van der Waals surface area contributed by atoms with Crippen LogP contribution in [0.25, 0.3) is 4.85 Å². The van der Waals surface area contributed by atoms with Gasteiger partial charge in [0.2, 0.25) is 0 Å². The van der Waals surface area contributed by atoms with Gasteiger partial charge in [-0.1, -0.05) is 0 Å². The van der Waals surface area contributed by atoms with Crippen molar-refractivity contribution in [1.29, 1.82) is 5.41 Å². The van der Waals surface area contributed by atoms with E-state index in [9.17, 15) is 0 Å². The van der Waals surface area contributed by atoms with E-state index < -0.39 is 0 Å². The highest BCUT2D eigenvalue weighted by molar-refractivity contribution is 5.75. The molecule has 0 aromatic carbocycles. The van der Waals surface area contributed by atoms with Gasteiger partial charge in [0.15, 0.2) is 0 Å². The topological polar surface area (TPSA) is 37.4 Å². The smallest absolute Gasteiger partial charge is 0.288 e. The maximum absolute atomic E-state index is 6.70. The zero-order valence-electron chi connectivity index (χ0n) is 4.06. The quantitative estimate of drug-likeness (QED) is 0.290. The summed E-state index contributed by atoms with van der Waals surface area (Å²) in [5.74, 6) is 0.0231. The molecule has 0 radical (unpaired) electrons. The number of nitrogens with zero attached hydrogens (tertiary/aromatic N) is 1. The van der Waals surface area contributed by atoms with Gasteiger partial charge in [0.25, 0.3) is 12.4 Å². The zero-order chi connectivity index (χ0) is 5.70. The second kappa shape index (κ2) is 3.16. The summed E-state index contributed by atoms with van der Waals surface area (Å²) >= 11 is 0. The summed E-state index contributed by atoms with van der Waals surface area (Å²) in [6.07, 6.45) is 0. The van der Waals surface area contributed by atoms with Crippen LogP contribution in [0.4, 0.5) is 0 Å². The van der Waals surface area contributed by atoms with Crippen LogP contribution in [0, 0.1) is 12.0 Å². The standard InChI is InChI=1S/C4H6N2O/c1-6-3-4(5)7-2/h5H,3H2,2H3. The first-order valence-electron chi connectivity index (χ1n) is 1.76. The van der Waals surface area contributed by atoms with Gasteiger partial charge in [-0.05, 0) is 0 Å². The molecule has 0 bridgehead atoms. The highest BCUT2D eigenvalue weighted by Crippen LogP contribution is 1.72. The van der Waals surface area contributed by atoms with Crippen LogP contribution in [-0.2, 0) is 4.74 Å². The highest BCUT2D eigenvalue weighted by Gasteiger charge is 1.91. The zero-order valence-corrected chi connectivity index (χ0v) is 4.06. The molecule has 3 heteroatoms. The summed E-state index contributed by atoms with van der Waals surface area (Å²) in [6, 6.07) is 0. The van der Waals surface area contributed by atoms with E-state index in [1.54, 1.807) is 0 Å². The molecule has 0 atom stereocenters. The first kappa shape index (κ1) is 5.96. The molecule has 0 aromatic heterocycles. The van der Waals surface area contributed by atoms with E-state index in [-0.39, 0.29) is 12.4 Å². The lowest BCUT2D eigenvalue weighted by Crippen LogP contribution is -2.00. The molecule has 0 aliphatic rings. The first-order chi connectivity index (χ1) is 3.31. The molecular weight excluding hydrogens is 92.1 g/mol. The fraction of sp³-hybridized carbons (Fsp3) is 0.500. The molecule has 0 saturated carbocycles. The summed E-state index contributed by atoms with van der Waals surface area (Å²) in [6.45, 7) is 6.29. The lowest BCUT2D eigenvalue weighted by molar-refractivity contribution is 0.395. The highest BCUT2D eigenvalue weighted by atomic mass is 16.5. The number of methoxy groups -OCH3 is 1. The predicted molar refractivity (Wildman–Crippen MR) is 26.2 cm³/mol. The van der Waals surface area contributed by atoms with Crippen LogP contribution in [0.1, 0.15) is 0 Å². The van der Waals surface area contributed by atoms with E-state index in [0.29, 0.717) is 0 Å². The molecule has 0 saturated heterocycles. The van der Waals surface area contributed by atoms with Crippen LogP contribution in [0.15, 0.2) is 0 Å². The molecule has 7 heavy (non-hydrogen) atoms. The third-order valence-electron chi connectivity index (χ3n) is 0.469. The van der Waals surface area contributed by atoms with E-state index in [0.717, 1.165) is 0 Å². The third kappa shape index (κ3) is 2.77. The summed E-state index contributed by atoms with van der Waals surface area (Å²) < 4.78 is 4.36. The van der Waals surface area contributed by atoms with Crippen molar-refractivity contribution in [3.8, 4) is 0 Å². The van der Waals surface area contributed by atoms with Gasteiger partial charge in [0, 0.05) is 0 Å². The van der Waals surface area contributed by atoms with Crippen molar-refractivity contribution in [1.82, 2.24) is 0 Å². The first-order valence-corrected chi connectivity index (χ1v) is 1.76. The molecule has 0 aromatic rings. The largest absolute Gasteiger partial charge is 0.479 e. The Morgan fingerprint density at radius 2 is 2.57 bits per heavy atom. The van der Waals surface area contributed by atoms with Crippen LogP contribution >= 0.6 is 0 Å². The van der Waals surface area contributed by atoms with Crippen molar-refractivity contribution in [3.05, 3.63) is 11.4 Å². The number of nitrogens with one attached hydrogen (secondary N) is 1. The lowest BCUT2D eigenvalue weighted by Gasteiger charge is -1.87. The van der Waals surface area contributed by atoms with Crippen molar-refractivity contribution < 1.29 is 4.74 Å².